The number of benzene rings is 3. The summed E-state index contributed by atoms with van der Waals surface area (Å²) in [7, 11) is 0. The fraction of sp³-hybridized carbons (Fsp3) is 0.0909. The van der Waals surface area contributed by atoms with Crippen molar-refractivity contribution in [3.05, 3.63) is 101 Å². The average molecular weight is 410 g/mol. The zero-order valence-corrected chi connectivity index (χ0v) is 16.7. The van der Waals surface area contributed by atoms with Crippen molar-refractivity contribution in [2.75, 3.05) is 0 Å². The third-order valence-corrected chi connectivity index (χ3v) is 4.86. The molecular weight excluding hydrogens is 390 g/mol. The van der Waals surface area contributed by atoms with E-state index in [2.05, 4.69) is 22.3 Å². The summed E-state index contributed by atoms with van der Waals surface area (Å²) in [6.45, 7) is 0.466. The summed E-state index contributed by atoms with van der Waals surface area (Å²) in [6, 6.07) is 25.3. The van der Waals surface area contributed by atoms with Gasteiger partial charge in [0.2, 0.25) is 0 Å². The average Bonchev–Trinajstić information content (AvgIpc) is 2.72. The van der Waals surface area contributed by atoms with E-state index < -0.39 is 0 Å². The van der Waals surface area contributed by atoms with Crippen LogP contribution in [0.25, 0.3) is 0 Å². The fourth-order valence-corrected chi connectivity index (χ4v) is 3.18. The van der Waals surface area contributed by atoms with E-state index in [1.807, 2.05) is 66.7 Å². The lowest BCUT2D eigenvalue weighted by atomic mass is 10.2. The molecule has 0 saturated heterocycles. The molecule has 3 aromatic rings. The molecule has 28 heavy (non-hydrogen) atoms. The number of halogens is 1. The van der Waals surface area contributed by atoms with E-state index in [9.17, 15) is 0 Å². The lowest BCUT2D eigenvalue weighted by Crippen LogP contribution is -2.05. The number of nitrogens with zero attached hydrogens (tertiary/aromatic N) is 2. The van der Waals surface area contributed by atoms with Crippen molar-refractivity contribution < 1.29 is 4.74 Å². The maximum Gasteiger partial charge on any atom is 0.180 e. The highest BCUT2D eigenvalue weighted by Gasteiger charge is 1.98. The predicted octanol–water partition coefficient (Wildman–Crippen LogP) is 5.50. The standard InChI is InChI=1S/C22H20ClN3OS/c23-20-8-4-7-19(13-20)15-27-21-11-9-17(10-12-21)14-25-26-22(24)28-16-18-5-2-1-3-6-18/h1-14H,15-16H2,(H2,24,26). The molecule has 0 atom stereocenters. The van der Waals surface area contributed by atoms with Crippen LogP contribution in [0.2, 0.25) is 5.02 Å². The summed E-state index contributed by atoms with van der Waals surface area (Å²) in [4.78, 5) is 0. The molecule has 0 aliphatic rings. The molecule has 0 aliphatic heterocycles. The Bertz CT molecular complexity index is 944. The molecule has 0 amide bonds. The zero-order chi connectivity index (χ0) is 19.6. The van der Waals surface area contributed by atoms with Crippen molar-refractivity contribution >= 4 is 34.7 Å². The molecule has 0 spiro atoms. The molecule has 3 aromatic carbocycles. The first-order valence-corrected chi connectivity index (χ1v) is 10.1. The summed E-state index contributed by atoms with van der Waals surface area (Å²) in [6.07, 6.45) is 1.66. The van der Waals surface area contributed by atoms with Gasteiger partial charge in [0.05, 0.1) is 6.21 Å². The zero-order valence-electron chi connectivity index (χ0n) is 15.2. The summed E-state index contributed by atoms with van der Waals surface area (Å²) in [5.74, 6) is 1.54. The SMILES string of the molecule is NC(=NN=Cc1ccc(OCc2cccc(Cl)c2)cc1)SCc1ccccc1. The van der Waals surface area contributed by atoms with Gasteiger partial charge in [-0.25, -0.2) is 0 Å². The van der Waals surface area contributed by atoms with Gasteiger partial charge in [0.15, 0.2) is 5.17 Å². The van der Waals surface area contributed by atoms with Crippen LogP contribution in [0.1, 0.15) is 16.7 Å². The predicted molar refractivity (Wildman–Crippen MR) is 119 cm³/mol. The van der Waals surface area contributed by atoms with Crippen LogP contribution < -0.4 is 10.5 Å². The first kappa shape index (κ1) is 20.0. The third-order valence-electron chi connectivity index (χ3n) is 3.77. The second-order valence-corrected chi connectivity index (χ2v) is 7.38. The second-order valence-electron chi connectivity index (χ2n) is 5.94. The van der Waals surface area contributed by atoms with Crippen LogP contribution in [0.3, 0.4) is 0 Å². The van der Waals surface area contributed by atoms with E-state index in [-0.39, 0.29) is 0 Å². The van der Waals surface area contributed by atoms with Crippen LogP contribution in [-0.4, -0.2) is 11.4 Å². The van der Waals surface area contributed by atoms with Crippen molar-refractivity contribution in [1.82, 2.24) is 0 Å². The molecule has 0 radical (unpaired) electrons. The lowest BCUT2D eigenvalue weighted by molar-refractivity contribution is 0.306. The molecule has 142 valence electrons. The van der Waals surface area contributed by atoms with Crippen LogP contribution in [0.15, 0.2) is 89.1 Å². The molecule has 0 fully saturated rings. The highest BCUT2D eigenvalue weighted by atomic mass is 35.5. The normalized spacial score (nSPS) is 11.7. The third kappa shape index (κ3) is 6.76. The van der Waals surface area contributed by atoms with Crippen LogP contribution >= 0.6 is 23.4 Å². The Morgan fingerprint density at radius 2 is 1.71 bits per heavy atom. The lowest BCUT2D eigenvalue weighted by Gasteiger charge is -2.06. The Morgan fingerprint density at radius 3 is 2.46 bits per heavy atom. The molecule has 4 nitrogen and oxygen atoms in total. The van der Waals surface area contributed by atoms with Gasteiger partial charge in [-0.05, 0) is 53.1 Å². The summed E-state index contributed by atoms with van der Waals surface area (Å²) < 4.78 is 5.76. The summed E-state index contributed by atoms with van der Waals surface area (Å²) in [5, 5.41) is 9.21. The Labute approximate surface area is 174 Å². The molecular formula is C22H20ClN3OS. The van der Waals surface area contributed by atoms with Gasteiger partial charge in [-0.15, -0.1) is 5.10 Å². The van der Waals surface area contributed by atoms with Gasteiger partial charge in [0.1, 0.15) is 12.4 Å². The number of ether oxygens (including phenoxy) is 1. The minimum absolute atomic E-state index is 0.432. The highest BCUT2D eigenvalue weighted by Crippen LogP contribution is 2.16. The maximum absolute atomic E-state index is 5.98. The summed E-state index contributed by atoms with van der Waals surface area (Å²) in [5.41, 5.74) is 9.02. The number of thioether (sulfide) groups is 1. The van der Waals surface area contributed by atoms with Gasteiger partial charge in [-0.2, -0.15) is 5.10 Å². The van der Waals surface area contributed by atoms with Crippen molar-refractivity contribution in [3.63, 3.8) is 0 Å². The van der Waals surface area contributed by atoms with E-state index in [1.165, 1.54) is 17.3 Å². The number of hydrogen-bond donors (Lipinski definition) is 1. The Kier molecular flexibility index (Phi) is 7.53. The van der Waals surface area contributed by atoms with Crippen molar-refractivity contribution in [3.8, 4) is 5.75 Å². The number of rotatable bonds is 7. The van der Waals surface area contributed by atoms with E-state index >= 15 is 0 Å². The maximum atomic E-state index is 5.98. The van der Waals surface area contributed by atoms with Gasteiger partial charge in [-0.1, -0.05) is 65.8 Å². The molecule has 6 heteroatoms. The highest BCUT2D eigenvalue weighted by molar-refractivity contribution is 8.13. The van der Waals surface area contributed by atoms with Crippen LogP contribution in [0.4, 0.5) is 0 Å². The minimum atomic E-state index is 0.432. The Hall–Kier alpha value is -2.76. The molecule has 3 rings (SSSR count). The Morgan fingerprint density at radius 1 is 0.964 bits per heavy atom. The van der Waals surface area contributed by atoms with Gasteiger partial charge >= 0.3 is 0 Å². The van der Waals surface area contributed by atoms with Crippen LogP contribution in [0, 0.1) is 0 Å². The molecule has 0 aromatic heterocycles. The van der Waals surface area contributed by atoms with Gasteiger partial charge in [0.25, 0.3) is 0 Å². The smallest absolute Gasteiger partial charge is 0.180 e. The van der Waals surface area contributed by atoms with Crippen molar-refractivity contribution in [2.45, 2.75) is 12.4 Å². The van der Waals surface area contributed by atoms with Crippen LogP contribution in [0.5, 0.6) is 5.75 Å². The molecule has 2 N–H and O–H groups in total. The minimum Gasteiger partial charge on any atom is -0.489 e. The van der Waals surface area contributed by atoms with E-state index in [0.717, 1.165) is 22.6 Å². The largest absolute Gasteiger partial charge is 0.489 e. The van der Waals surface area contributed by atoms with E-state index in [4.69, 9.17) is 22.1 Å². The van der Waals surface area contributed by atoms with Crippen molar-refractivity contribution in [1.29, 1.82) is 0 Å². The van der Waals surface area contributed by atoms with Gasteiger partial charge in [-0.3, -0.25) is 0 Å². The first-order chi connectivity index (χ1) is 13.7. The molecule has 0 aliphatic carbocycles. The van der Waals surface area contributed by atoms with Crippen molar-refractivity contribution in [2.24, 2.45) is 15.9 Å². The topological polar surface area (TPSA) is 60.0 Å². The van der Waals surface area contributed by atoms with E-state index in [0.29, 0.717) is 16.8 Å². The Balaban J connectivity index is 1.47. The number of nitrogens with two attached hydrogens (primary N) is 1. The van der Waals surface area contributed by atoms with Gasteiger partial charge < -0.3 is 10.5 Å². The van der Waals surface area contributed by atoms with E-state index in [1.54, 1.807) is 6.21 Å². The first-order valence-electron chi connectivity index (χ1n) is 8.69. The summed E-state index contributed by atoms with van der Waals surface area (Å²) >= 11 is 7.44. The molecule has 0 bridgehead atoms. The van der Waals surface area contributed by atoms with Crippen LogP contribution in [-0.2, 0) is 12.4 Å². The monoisotopic (exact) mass is 409 g/mol. The van der Waals surface area contributed by atoms with Gasteiger partial charge in [0, 0.05) is 10.8 Å². The quantitative estimate of drug-likeness (QED) is 0.318. The number of amidine groups is 1. The second kappa shape index (κ2) is 10.5. The molecule has 0 saturated carbocycles. The molecule has 0 heterocycles. The number of hydrogen-bond acceptors (Lipinski definition) is 4. The molecule has 0 unspecified atom stereocenters. The fourth-order valence-electron chi connectivity index (χ4n) is 2.36.